The zero-order valence-corrected chi connectivity index (χ0v) is 15.2. The van der Waals surface area contributed by atoms with Gasteiger partial charge in [0.2, 0.25) is 0 Å². The number of aliphatic carboxylic acids is 1. The predicted molar refractivity (Wildman–Crippen MR) is 113 cm³/mol. The van der Waals surface area contributed by atoms with Gasteiger partial charge in [-0.1, -0.05) is 54.6 Å². The van der Waals surface area contributed by atoms with Gasteiger partial charge in [0.05, 0.1) is 0 Å². The van der Waals surface area contributed by atoms with Crippen molar-refractivity contribution in [2.24, 2.45) is 5.73 Å². The quantitative estimate of drug-likeness (QED) is 0.377. The van der Waals surface area contributed by atoms with Crippen molar-refractivity contribution in [3.05, 3.63) is 84.6 Å². The lowest BCUT2D eigenvalue weighted by Gasteiger charge is -2.04. The lowest BCUT2D eigenvalue weighted by atomic mass is 10.1. The molecule has 2 aromatic heterocycles. The Balaban J connectivity index is 0.000000138. The van der Waals surface area contributed by atoms with Gasteiger partial charge in [0.1, 0.15) is 6.04 Å². The summed E-state index contributed by atoms with van der Waals surface area (Å²) in [7, 11) is 0. The molecule has 0 amide bonds. The summed E-state index contributed by atoms with van der Waals surface area (Å²) < 4.78 is 0. The lowest BCUT2D eigenvalue weighted by Crippen LogP contribution is -2.32. The van der Waals surface area contributed by atoms with E-state index in [9.17, 15) is 4.79 Å². The van der Waals surface area contributed by atoms with Gasteiger partial charge in [0.15, 0.2) is 0 Å². The number of nitrogens with two attached hydrogens (primary N) is 1. The number of benzene rings is 3. The summed E-state index contributed by atoms with van der Waals surface area (Å²) in [5.41, 5.74) is 9.86. The fraction of sp³-hybridized carbons (Fsp3) is 0.0870. The molecule has 28 heavy (non-hydrogen) atoms. The Kier molecular flexibility index (Phi) is 4.83. The van der Waals surface area contributed by atoms with Gasteiger partial charge in [-0.05, 0) is 23.8 Å². The minimum atomic E-state index is -0.972. The van der Waals surface area contributed by atoms with Gasteiger partial charge in [-0.15, -0.1) is 0 Å². The average Bonchev–Trinajstić information content (AvgIpc) is 3.30. The van der Waals surface area contributed by atoms with E-state index in [-0.39, 0.29) is 0 Å². The molecular formula is C23H21N3O2. The molecule has 0 aliphatic heterocycles. The highest BCUT2D eigenvalue weighted by Crippen LogP contribution is 2.24. The van der Waals surface area contributed by atoms with Crippen LogP contribution in [0.5, 0.6) is 0 Å². The second-order valence-corrected chi connectivity index (χ2v) is 6.72. The van der Waals surface area contributed by atoms with E-state index < -0.39 is 12.0 Å². The van der Waals surface area contributed by atoms with Crippen LogP contribution in [0.4, 0.5) is 0 Å². The number of carbonyl (C=O) groups is 1. The van der Waals surface area contributed by atoms with Crippen molar-refractivity contribution in [3.8, 4) is 0 Å². The van der Waals surface area contributed by atoms with Gasteiger partial charge in [0, 0.05) is 45.3 Å². The third-order valence-electron chi connectivity index (χ3n) is 4.85. The van der Waals surface area contributed by atoms with E-state index in [0.29, 0.717) is 6.42 Å². The van der Waals surface area contributed by atoms with E-state index >= 15 is 0 Å². The summed E-state index contributed by atoms with van der Waals surface area (Å²) >= 11 is 0. The number of nitrogens with one attached hydrogen (secondary N) is 2. The third kappa shape index (κ3) is 3.48. The van der Waals surface area contributed by atoms with Gasteiger partial charge in [-0.25, -0.2) is 0 Å². The number of aromatic nitrogens is 2. The highest BCUT2D eigenvalue weighted by molar-refractivity contribution is 6.06. The zero-order chi connectivity index (χ0) is 19.5. The molecule has 0 unspecified atom stereocenters. The second-order valence-electron chi connectivity index (χ2n) is 6.72. The van der Waals surface area contributed by atoms with Crippen LogP contribution in [-0.4, -0.2) is 27.1 Å². The SMILES string of the molecule is N[C@@H](Cc1c[nH]c2ccccc12)C(=O)O.c1ccc2c(c1)[nH]c1ccccc12. The maximum Gasteiger partial charge on any atom is 0.320 e. The molecule has 1 atom stereocenters. The molecule has 5 heteroatoms. The smallest absolute Gasteiger partial charge is 0.320 e. The lowest BCUT2D eigenvalue weighted by molar-refractivity contribution is -0.138. The van der Waals surface area contributed by atoms with Crippen LogP contribution in [0.3, 0.4) is 0 Å². The van der Waals surface area contributed by atoms with Crippen molar-refractivity contribution in [3.63, 3.8) is 0 Å². The van der Waals surface area contributed by atoms with Crippen molar-refractivity contribution in [2.45, 2.75) is 12.5 Å². The number of H-pyrrole nitrogens is 2. The Labute approximate surface area is 161 Å². The molecule has 0 spiro atoms. The summed E-state index contributed by atoms with van der Waals surface area (Å²) in [6, 6.07) is 23.7. The maximum atomic E-state index is 10.6. The molecule has 5 rings (SSSR count). The minimum absolute atomic E-state index is 0.347. The molecule has 0 bridgehead atoms. The fourth-order valence-electron chi connectivity index (χ4n) is 3.42. The molecule has 140 valence electrons. The normalized spacial score (nSPS) is 12.0. The molecule has 0 saturated heterocycles. The van der Waals surface area contributed by atoms with Gasteiger partial charge >= 0.3 is 5.97 Å². The zero-order valence-electron chi connectivity index (χ0n) is 15.2. The Morgan fingerprint density at radius 2 is 1.32 bits per heavy atom. The summed E-state index contributed by atoms with van der Waals surface area (Å²) in [5.74, 6) is -0.972. The number of carboxylic acids is 1. The maximum absolute atomic E-state index is 10.6. The van der Waals surface area contributed by atoms with E-state index in [1.54, 1.807) is 0 Å². The molecule has 2 heterocycles. The Morgan fingerprint density at radius 3 is 1.89 bits per heavy atom. The van der Waals surface area contributed by atoms with E-state index in [1.165, 1.54) is 21.8 Å². The second kappa shape index (κ2) is 7.58. The number of carboxylic acid groups (broad SMARTS) is 1. The summed E-state index contributed by atoms with van der Waals surface area (Å²) in [5, 5.41) is 12.4. The van der Waals surface area contributed by atoms with Crippen LogP contribution >= 0.6 is 0 Å². The number of hydrogen-bond donors (Lipinski definition) is 4. The number of hydrogen-bond acceptors (Lipinski definition) is 2. The first-order chi connectivity index (χ1) is 13.6. The van der Waals surface area contributed by atoms with Crippen LogP contribution in [0.25, 0.3) is 32.7 Å². The van der Waals surface area contributed by atoms with Gasteiger partial charge in [-0.3, -0.25) is 4.79 Å². The molecule has 5 aromatic rings. The largest absolute Gasteiger partial charge is 0.480 e. The van der Waals surface area contributed by atoms with Crippen LogP contribution in [0.2, 0.25) is 0 Å². The third-order valence-corrected chi connectivity index (χ3v) is 4.85. The first kappa shape index (κ1) is 17.8. The first-order valence-electron chi connectivity index (χ1n) is 9.12. The minimum Gasteiger partial charge on any atom is -0.480 e. The number of fused-ring (bicyclic) bond motifs is 4. The van der Waals surface area contributed by atoms with Crippen LogP contribution in [-0.2, 0) is 11.2 Å². The molecule has 0 fully saturated rings. The molecule has 3 aromatic carbocycles. The monoisotopic (exact) mass is 371 g/mol. The number of para-hydroxylation sites is 3. The van der Waals surface area contributed by atoms with E-state index in [0.717, 1.165) is 16.5 Å². The summed E-state index contributed by atoms with van der Waals surface area (Å²) in [4.78, 5) is 17.1. The molecule has 0 aliphatic carbocycles. The standard InChI is InChI=1S/C12H9N.C11H12N2O2/c1-3-7-11-9(5-1)10-6-2-4-8-12(10)13-11;12-9(11(14)15)5-7-6-13-10-4-2-1-3-8(7)10/h1-8,13H;1-4,6,9,13H,5,12H2,(H,14,15)/t;9-/m.0/s1. The molecule has 5 nitrogen and oxygen atoms in total. The molecule has 0 saturated carbocycles. The highest BCUT2D eigenvalue weighted by Gasteiger charge is 2.14. The molecule has 0 radical (unpaired) electrons. The Bertz CT molecular complexity index is 1200. The highest BCUT2D eigenvalue weighted by atomic mass is 16.4. The Morgan fingerprint density at radius 1 is 0.821 bits per heavy atom. The van der Waals surface area contributed by atoms with Crippen molar-refractivity contribution in [2.75, 3.05) is 0 Å². The van der Waals surface area contributed by atoms with Crippen molar-refractivity contribution < 1.29 is 9.90 Å². The van der Waals surface area contributed by atoms with Crippen LogP contribution in [0.15, 0.2) is 79.0 Å². The average molecular weight is 371 g/mol. The summed E-state index contributed by atoms with van der Waals surface area (Å²) in [6.45, 7) is 0. The van der Waals surface area contributed by atoms with Crippen molar-refractivity contribution in [1.29, 1.82) is 0 Å². The van der Waals surface area contributed by atoms with Crippen LogP contribution < -0.4 is 5.73 Å². The van der Waals surface area contributed by atoms with Gasteiger partial charge < -0.3 is 20.8 Å². The molecular weight excluding hydrogens is 350 g/mol. The van der Waals surface area contributed by atoms with E-state index in [2.05, 4.69) is 58.5 Å². The van der Waals surface area contributed by atoms with E-state index in [1.807, 2.05) is 30.5 Å². The molecule has 5 N–H and O–H groups in total. The van der Waals surface area contributed by atoms with Gasteiger partial charge in [-0.2, -0.15) is 0 Å². The number of aromatic amines is 2. The van der Waals surface area contributed by atoms with Crippen molar-refractivity contribution in [1.82, 2.24) is 9.97 Å². The topological polar surface area (TPSA) is 94.9 Å². The molecule has 0 aliphatic rings. The Hall–Kier alpha value is -3.57. The van der Waals surface area contributed by atoms with Crippen molar-refractivity contribution >= 4 is 38.7 Å². The summed E-state index contributed by atoms with van der Waals surface area (Å²) in [6.07, 6.45) is 2.16. The van der Waals surface area contributed by atoms with E-state index in [4.69, 9.17) is 10.8 Å². The van der Waals surface area contributed by atoms with Crippen LogP contribution in [0.1, 0.15) is 5.56 Å². The van der Waals surface area contributed by atoms with Crippen LogP contribution in [0, 0.1) is 0 Å². The predicted octanol–water partition coefficient (Wildman–Crippen LogP) is 4.44. The number of rotatable bonds is 3. The fourth-order valence-corrected chi connectivity index (χ4v) is 3.42. The van der Waals surface area contributed by atoms with Gasteiger partial charge in [0.25, 0.3) is 0 Å². The first-order valence-corrected chi connectivity index (χ1v) is 9.12.